The molecule has 0 aliphatic carbocycles. The van der Waals surface area contributed by atoms with E-state index >= 15 is 0 Å². The van der Waals surface area contributed by atoms with Crippen molar-refractivity contribution in [1.29, 1.82) is 0 Å². The summed E-state index contributed by atoms with van der Waals surface area (Å²) >= 11 is 5.82. The van der Waals surface area contributed by atoms with Crippen molar-refractivity contribution >= 4 is 29.4 Å². The van der Waals surface area contributed by atoms with Crippen LogP contribution in [0.2, 0.25) is 5.02 Å². The molecular formula is C16H16ClN3O2. The molecule has 0 fully saturated rings. The second-order valence-electron chi connectivity index (χ2n) is 4.72. The van der Waals surface area contributed by atoms with Gasteiger partial charge in [0.1, 0.15) is 5.75 Å². The number of aromatic hydroxyl groups is 1. The zero-order valence-electron chi connectivity index (χ0n) is 12.0. The lowest BCUT2D eigenvalue weighted by atomic mass is 10.2. The van der Waals surface area contributed by atoms with E-state index in [9.17, 15) is 9.90 Å². The second kappa shape index (κ2) is 7.47. The molecule has 1 amide bonds. The number of hydrazone groups is 1. The van der Waals surface area contributed by atoms with Gasteiger partial charge in [-0.3, -0.25) is 4.79 Å². The van der Waals surface area contributed by atoms with Crippen LogP contribution in [0.1, 0.15) is 11.1 Å². The number of anilines is 1. The number of nitrogens with zero attached hydrogens (tertiary/aromatic N) is 1. The Morgan fingerprint density at radius 3 is 2.91 bits per heavy atom. The quantitative estimate of drug-likeness (QED) is 0.586. The van der Waals surface area contributed by atoms with Crippen LogP contribution in [0.15, 0.2) is 47.6 Å². The Morgan fingerprint density at radius 2 is 2.14 bits per heavy atom. The molecule has 0 radical (unpaired) electrons. The summed E-state index contributed by atoms with van der Waals surface area (Å²) in [6.07, 6.45) is 1.34. The summed E-state index contributed by atoms with van der Waals surface area (Å²) in [5.41, 5.74) is 4.78. The molecule has 0 saturated carbocycles. The van der Waals surface area contributed by atoms with Gasteiger partial charge in [-0.25, -0.2) is 5.43 Å². The molecule has 0 aliphatic rings. The van der Waals surface area contributed by atoms with Gasteiger partial charge in [-0.1, -0.05) is 23.7 Å². The first-order chi connectivity index (χ1) is 10.5. The monoisotopic (exact) mass is 317 g/mol. The molecule has 114 valence electrons. The molecule has 0 aliphatic heterocycles. The Hall–Kier alpha value is -2.53. The zero-order chi connectivity index (χ0) is 15.9. The van der Waals surface area contributed by atoms with Crippen LogP contribution >= 0.6 is 11.6 Å². The van der Waals surface area contributed by atoms with Gasteiger partial charge >= 0.3 is 0 Å². The minimum Gasteiger partial charge on any atom is -0.507 e. The third-order valence-corrected chi connectivity index (χ3v) is 3.09. The van der Waals surface area contributed by atoms with Crippen molar-refractivity contribution in [3.8, 4) is 5.75 Å². The van der Waals surface area contributed by atoms with Crippen LogP contribution in [0.25, 0.3) is 0 Å². The summed E-state index contributed by atoms with van der Waals surface area (Å²) < 4.78 is 0. The Balaban J connectivity index is 1.85. The predicted octanol–water partition coefficient (Wildman–Crippen LogP) is 2.92. The van der Waals surface area contributed by atoms with Crippen LogP contribution in [0.4, 0.5) is 5.69 Å². The second-order valence-corrected chi connectivity index (χ2v) is 5.16. The summed E-state index contributed by atoms with van der Waals surface area (Å²) in [5, 5.41) is 16.9. The number of carbonyl (C=O) groups excluding carboxylic acids is 1. The fourth-order valence-electron chi connectivity index (χ4n) is 1.78. The number of phenols is 1. The van der Waals surface area contributed by atoms with E-state index < -0.39 is 0 Å². The standard InChI is InChI=1S/C16H16ClN3O2/c1-11-3-2-4-14(7-11)18-10-16(22)20-19-9-12-8-13(17)5-6-15(12)21/h2-9,18,21H,10H2,1H3,(H,20,22)/b19-9+. The first-order valence-electron chi connectivity index (χ1n) is 6.65. The number of rotatable bonds is 5. The molecule has 0 heterocycles. The molecule has 2 rings (SSSR count). The lowest BCUT2D eigenvalue weighted by Gasteiger charge is -2.06. The fraction of sp³-hybridized carbons (Fsp3) is 0.125. The maximum absolute atomic E-state index is 11.7. The zero-order valence-corrected chi connectivity index (χ0v) is 12.8. The summed E-state index contributed by atoms with van der Waals surface area (Å²) in [6.45, 7) is 2.08. The Morgan fingerprint density at radius 1 is 1.32 bits per heavy atom. The highest BCUT2D eigenvalue weighted by atomic mass is 35.5. The molecule has 5 nitrogen and oxygen atoms in total. The minimum absolute atomic E-state index is 0.0419. The lowest BCUT2D eigenvalue weighted by Crippen LogP contribution is -2.25. The average Bonchev–Trinajstić information content (AvgIpc) is 2.49. The van der Waals surface area contributed by atoms with E-state index in [-0.39, 0.29) is 18.2 Å². The molecule has 6 heteroatoms. The lowest BCUT2D eigenvalue weighted by molar-refractivity contribution is -0.119. The summed E-state index contributed by atoms with van der Waals surface area (Å²) in [4.78, 5) is 11.7. The van der Waals surface area contributed by atoms with E-state index in [1.54, 1.807) is 12.1 Å². The molecule has 2 aromatic rings. The van der Waals surface area contributed by atoms with Gasteiger partial charge in [0.15, 0.2) is 0 Å². The molecular weight excluding hydrogens is 302 g/mol. The van der Waals surface area contributed by atoms with Gasteiger partial charge < -0.3 is 10.4 Å². The molecule has 3 N–H and O–H groups in total. The van der Waals surface area contributed by atoms with E-state index in [2.05, 4.69) is 15.8 Å². The van der Waals surface area contributed by atoms with Gasteiger partial charge in [-0.2, -0.15) is 5.10 Å². The third-order valence-electron chi connectivity index (χ3n) is 2.85. The number of aryl methyl sites for hydroxylation is 1. The number of nitrogens with one attached hydrogen (secondary N) is 2. The van der Waals surface area contributed by atoms with Crippen LogP contribution in [0.5, 0.6) is 5.75 Å². The number of phenolic OH excluding ortho intramolecular Hbond substituents is 1. The average molecular weight is 318 g/mol. The van der Waals surface area contributed by atoms with Crippen molar-refractivity contribution in [3.63, 3.8) is 0 Å². The summed E-state index contributed by atoms with van der Waals surface area (Å²) in [6, 6.07) is 12.3. The minimum atomic E-state index is -0.292. The van der Waals surface area contributed by atoms with Crippen LogP contribution in [-0.2, 0) is 4.79 Å². The first-order valence-corrected chi connectivity index (χ1v) is 7.03. The molecule has 0 aromatic heterocycles. The van der Waals surface area contributed by atoms with Gasteiger partial charge in [0, 0.05) is 16.3 Å². The van der Waals surface area contributed by atoms with Crippen LogP contribution in [0.3, 0.4) is 0 Å². The van der Waals surface area contributed by atoms with Gasteiger partial charge in [-0.15, -0.1) is 0 Å². The van der Waals surface area contributed by atoms with Crippen molar-refractivity contribution in [2.75, 3.05) is 11.9 Å². The van der Waals surface area contributed by atoms with Gasteiger partial charge in [0.05, 0.1) is 12.8 Å². The van der Waals surface area contributed by atoms with Gasteiger partial charge in [0.25, 0.3) is 5.91 Å². The molecule has 0 atom stereocenters. The first kappa shape index (κ1) is 15.9. The number of halogens is 1. The number of hydrogen-bond donors (Lipinski definition) is 3. The SMILES string of the molecule is Cc1cccc(NCC(=O)N/N=C/c2cc(Cl)ccc2O)c1. The van der Waals surface area contributed by atoms with Crippen LogP contribution in [-0.4, -0.2) is 23.8 Å². The van der Waals surface area contributed by atoms with E-state index in [0.717, 1.165) is 11.3 Å². The highest BCUT2D eigenvalue weighted by molar-refractivity contribution is 6.30. The highest BCUT2D eigenvalue weighted by Gasteiger charge is 2.01. The van der Waals surface area contributed by atoms with E-state index in [0.29, 0.717) is 10.6 Å². The Bertz CT molecular complexity index is 702. The number of hydrogen-bond acceptors (Lipinski definition) is 4. The van der Waals surface area contributed by atoms with Crippen molar-refractivity contribution in [1.82, 2.24) is 5.43 Å². The van der Waals surface area contributed by atoms with Crippen molar-refractivity contribution in [2.45, 2.75) is 6.92 Å². The molecule has 0 bridgehead atoms. The maximum Gasteiger partial charge on any atom is 0.259 e. The molecule has 0 spiro atoms. The van der Waals surface area contributed by atoms with E-state index in [4.69, 9.17) is 11.6 Å². The maximum atomic E-state index is 11.7. The molecule has 0 saturated heterocycles. The van der Waals surface area contributed by atoms with Crippen molar-refractivity contribution in [3.05, 3.63) is 58.6 Å². The van der Waals surface area contributed by atoms with Crippen LogP contribution in [0, 0.1) is 6.92 Å². The number of carbonyl (C=O) groups is 1. The topological polar surface area (TPSA) is 73.7 Å². The number of amides is 1. The normalized spacial score (nSPS) is 10.6. The summed E-state index contributed by atoms with van der Waals surface area (Å²) in [5.74, 6) is -0.250. The third kappa shape index (κ3) is 4.79. The predicted molar refractivity (Wildman–Crippen MR) is 88.5 cm³/mol. The van der Waals surface area contributed by atoms with Crippen molar-refractivity contribution in [2.24, 2.45) is 5.10 Å². The number of benzene rings is 2. The van der Waals surface area contributed by atoms with Crippen molar-refractivity contribution < 1.29 is 9.90 Å². The van der Waals surface area contributed by atoms with E-state index in [1.165, 1.54) is 12.3 Å². The Kier molecular flexibility index (Phi) is 5.38. The highest BCUT2D eigenvalue weighted by Crippen LogP contribution is 2.19. The smallest absolute Gasteiger partial charge is 0.259 e. The Labute approximate surface area is 133 Å². The molecule has 22 heavy (non-hydrogen) atoms. The summed E-state index contributed by atoms with van der Waals surface area (Å²) in [7, 11) is 0. The van der Waals surface area contributed by atoms with Gasteiger partial charge in [-0.05, 0) is 42.8 Å². The largest absolute Gasteiger partial charge is 0.507 e. The fourth-order valence-corrected chi connectivity index (χ4v) is 1.96. The molecule has 2 aromatic carbocycles. The molecule has 0 unspecified atom stereocenters. The van der Waals surface area contributed by atoms with Crippen LogP contribution < -0.4 is 10.7 Å². The van der Waals surface area contributed by atoms with Gasteiger partial charge in [0.2, 0.25) is 0 Å². The van der Waals surface area contributed by atoms with E-state index in [1.807, 2.05) is 31.2 Å².